The number of esters is 1. The van der Waals surface area contributed by atoms with Crippen LogP contribution < -0.4 is 10.2 Å². The van der Waals surface area contributed by atoms with Crippen LogP contribution in [0, 0.1) is 5.92 Å². The zero-order chi connectivity index (χ0) is 22.9. The summed E-state index contributed by atoms with van der Waals surface area (Å²) in [5, 5.41) is 2.82. The molecule has 2 aromatic carbocycles. The van der Waals surface area contributed by atoms with E-state index in [1.54, 1.807) is 0 Å². The van der Waals surface area contributed by atoms with Crippen LogP contribution in [0.4, 0.5) is 11.4 Å². The Kier molecular flexibility index (Phi) is 8.36. The van der Waals surface area contributed by atoms with Crippen molar-refractivity contribution in [2.24, 2.45) is 5.92 Å². The van der Waals surface area contributed by atoms with Crippen molar-refractivity contribution in [3.63, 3.8) is 0 Å². The van der Waals surface area contributed by atoms with Gasteiger partial charge in [0, 0.05) is 50.5 Å². The van der Waals surface area contributed by atoms with Crippen molar-refractivity contribution in [2.75, 3.05) is 43.0 Å². The summed E-state index contributed by atoms with van der Waals surface area (Å²) in [4.78, 5) is 29.0. The van der Waals surface area contributed by atoms with E-state index in [9.17, 15) is 9.59 Å². The Labute approximate surface area is 196 Å². The summed E-state index contributed by atoms with van der Waals surface area (Å²) < 4.78 is 5.19. The standard InChI is InChI=1S/C27H35N3O3/c31-26(21-33-27(32)19-22-7-3-1-4-8-22)28-24-11-13-25(14-12-24)30-17-15-29(16-18-30)20-23-9-5-2-6-10-23/h2,5-6,9-14,22H,1,3-4,7-8,15-21H2,(H,28,31). The first-order chi connectivity index (χ1) is 16.2. The van der Waals surface area contributed by atoms with Crippen molar-refractivity contribution >= 4 is 23.3 Å². The molecule has 1 aliphatic carbocycles. The maximum absolute atomic E-state index is 12.2. The van der Waals surface area contributed by atoms with Gasteiger partial charge in [-0.15, -0.1) is 0 Å². The molecule has 0 radical (unpaired) electrons. The summed E-state index contributed by atoms with van der Waals surface area (Å²) >= 11 is 0. The maximum atomic E-state index is 12.2. The number of anilines is 2. The molecule has 0 bridgehead atoms. The topological polar surface area (TPSA) is 61.9 Å². The van der Waals surface area contributed by atoms with Gasteiger partial charge in [-0.1, -0.05) is 49.6 Å². The van der Waals surface area contributed by atoms with Crippen molar-refractivity contribution in [1.29, 1.82) is 0 Å². The molecular formula is C27H35N3O3. The van der Waals surface area contributed by atoms with E-state index in [0.717, 1.165) is 56.9 Å². The second-order valence-corrected chi connectivity index (χ2v) is 9.21. The molecule has 0 aromatic heterocycles. The monoisotopic (exact) mass is 449 g/mol. The first-order valence-corrected chi connectivity index (χ1v) is 12.2. The van der Waals surface area contributed by atoms with Gasteiger partial charge in [-0.05, 0) is 48.6 Å². The Morgan fingerprint density at radius 1 is 0.879 bits per heavy atom. The highest BCUT2D eigenvalue weighted by Gasteiger charge is 2.19. The Hall–Kier alpha value is -2.86. The fourth-order valence-corrected chi connectivity index (χ4v) is 4.79. The molecule has 0 atom stereocenters. The lowest BCUT2D eigenvalue weighted by molar-refractivity contribution is -0.148. The number of rotatable bonds is 8. The first-order valence-electron chi connectivity index (χ1n) is 12.2. The van der Waals surface area contributed by atoms with E-state index in [0.29, 0.717) is 12.3 Å². The van der Waals surface area contributed by atoms with Gasteiger partial charge in [0.15, 0.2) is 6.61 Å². The van der Waals surface area contributed by atoms with Gasteiger partial charge in [0.2, 0.25) is 0 Å². The third kappa shape index (κ3) is 7.32. The van der Waals surface area contributed by atoms with Gasteiger partial charge in [0.05, 0.1) is 0 Å². The average Bonchev–Trinajstić information content (AvgIpc) is 2.85. The molecular weight excluding hydrogens is 414 g/mol. The molecule has 1 aliphatic heterocycles. The van der Waals surface area contributed by atoms with Gasteiger partial charge in [0.25, 0.3) is 5.91 Å². The zero-order valence-corrected chi connectivity index (χ0v) is 19.4. The van der Waals surface area contributed by atoms with Crippen molar-refractivity contribution in [1.82, 2.24) is 4.90 Å². The fourth-order valence-electron chi connectivity index (χ4n) is 4.79. The van der Waals surface area contributed by atoms with Crippen LogP contribution in [-0.2, 0) is 20.9 Å². The largest absolute Gasteiger partial charge is 0.456 e. The molecule has 0 unspecified atom stereocenters. The van der Waals surface area contributed by atoms with Crippen molar-refractivity contribution < 1.29 is 14.3 Å². The third-order valence-corrected chi connectivity index (χ3v) is 6.68. The Bertz CT molecular complexity index is 887. The number of nitrogens with one attached hydrogen (secondary N) is 1. The van der Waals surface area contributed by atoms with E-state index in [-0.39, 0.29) is 18.5 Å². The highest BCUT2D eigenvalue weighted by Crippen LogP contribution is 2.26. The SMILES string of the molecule is O=C(COC(=O)CC1CCCCC1)Nc1ccc(N2CCN(Cc3ccccc3)CC2)cc1. The van der Waals surface area contributed by atoms with Crippen LogP contribution in [-0.4, -0.2) is 49.6 Å². The van der Waals surface area contributed by atoms with Crippen molar-refractivity contribution in [2.45, 2.75) is 45.1 Å². The molecule has 6 nitrogen and oxygen atoms in total. The predicted molar refractivity (Wildman–Crippen MR) is 131 cm³/mol. The second-order valence-electron chi connectivity index (χ2n) is 9.21. The molecule has 4 rings (SSSR count). The van der Waals surface area contributed by atoms with E-state index < -0.39 is 0 Å². The minimum absolute atomic E-state index is 0.226. The lowest BCUT2D eigenvalue weighted by Gasteiger charge is -2.36. The van der Waals surface area contributed by atoms with Crippen LogP contribution in [0.2, 0.25) is 0 Å². The molecule has 1 N–H and O–H groups in total. The van der Waals surface area contributed by atoms with E-state index in [1.807, 2.05) is 24.3 Å². The molecule has 176 valence electrons. The summed E-state index contributed by atoms with van der Waals surface area (Å²) in [6.07, 6.45) is 6.26. The minimum Gasteiger partial charge on any atom is -0.456 e. The lowest BCUT2D eigenvalue weighted by Crippen LogP contribution is -2.45. The second kappa shape index (κ2) is 11.8. The molecule has 1 saturated heterocycles. The molecule has 2 fully saturated rings. The maximum Gasteiger partial charge on any atom is 0.306 e. The van der Waals surface area contributed by atoms with Gasteiger partial charge >= 0.3 is 5.97 Å². The van der Waals surface area contributed by atoms with Gasteiger partial charge in [-0.3, -0.25) is 14.5 Å². The molecule has 0 spiro atoms. The lowest BCUT2D eigenvalue weighted by atomic mass is 9.87. The molecule has 6 heteroatoms. The number of ether oxygens (including phenoxy) is 1. The van der Waals surface area contributed by atoms with E-state index in [1.165, 1.54) is 24.8 Å². The number of amides is 1. The quantitative estimate of drug-likeness (QED) is 0.603. The molecule has 2 aromatic rings. The summed E-state index contributed by atoms with van der Waals surface area (Å²) in [6, 6.07) is 18.5. The van der Waals surface area contributed by atoms with Crippen LogP contribution in [0.25, 0.3) is 0 Å². The number of carbonyl (C=O) groups is 2. The Balaban J connectivity index is 1.17. The average molecular weight is 450 g/mol. The fraction of sp³-hybridized carbons (Fsp3) is 0.481. The van der Waals surface area contributed by atoms with Crippen LogP contribution in [0.3, 0.4) is 0 Å². The summed E-state index contributed by atoms with van der Waals surface area (Å²) in [7, 11) is 0. The number of carbonyl (C=O) groups excluding carboxylic acids is 2. The van der Waals surface area contributed by atoms with Crippen molar-refractivity contribution in [3.05, 3.63) is 60.2 Å². The van der Waals surface area contributed by atoms with Crippen LogP contribution in [0.1, 0.15) is 44.1 Å². The number of piperazine rings is 1. The highest BCUT2D eigenvalue weighted by atomic mass is 16.5. The zero-order valence-electron chi connectivity index (χ0n) is 19.4. The summed E-state index contributed by atoms with van der Waals surface area (Å²) in [5.74, 6) is -0.143. The first kappa shape index (κ1) is 23.3. The van der Waals surface area contributed by atoms with Crippen molar-refractivity contribution in [3.8, 4) is 0 Å². The van der Waals surface area contributed by atoms with E-state index in [2.05, 4.69) is 45.4 Å². The number of hydrogen-bond acceptors (Lipinski definition) is 5. The number of hydrogen-bond donors (Lipinski definition) is 1. The third-order valence-electron chi connectivity index (χ3n) is 6.68. The van der Waals surface area contributed by atoms with Gasteiger partial charge in [-0.25, -0.2) is 0 Å². The molecule has 33 heavy (non-hydrogen) atoms. The minimum atomic E-state index is -0.297. The Morgan fingerprint density at radius 2 is 1.58 bits per heavy atom. The van der Waals surface area contributed by atoms with Crippen LogP contribution in [0.5, 0.6) is 0 Å². The highest BCUT2D eigenvalue weighted by molar-refractivity contribution is 5.92. The molecule has 1 amide bonds. The smallest absolute Gasteiger partial charge is 0.306 e. The van der Waals surface area contributed by atoms with Crippen LogP contribution >= 0.6 is 0 Å². The molecule has 2 aliphatic rings. The van der Waals surface area contributed by atoms with E-state index in [4.69, 9.17) is 4.74 Å². The Morgan fingerprint density at radius 3 is 2.27 bits per heavy atom. The van der Waals surface area contributed by atoms with Gasteiger partial charge < -0.3 is 15.0 Å². The summed E-state index contributed by atoms with van der Waals surface area (Å²) in [5.41, 5.74) is 3.23. The van der Waals surface area contributed by atoms with Crippen LogP contribution in [0.15, 0.2) is 54.6 Å². The van der Waals surface area contributed by atoms with Gasteiger partial charge in [0.1, 0.15) is 0 Å². The van der Waals surface area contributed by atoms with E-state index >= 15 is 0 Å². The molecule has 1 saturated carbocycles. The van der Waals surface area contributed by atoms with Gasteiger partial charge in [-0.2, -0.15) is 0 Å². The predicted octanol–water partition coefficient (Wildman–Crippen LogP) is 4.46. The molecule has 1 heterocycles. The normalized spacial score (nSPS) is 17.5. The summed E-state index contributed by atoms with van der Waals surface area (Å²) in [6.45, 7) is 4.78. The number of nitrogens with zero attached hydrogens (tertiary/aromatic N) is 2. The number of benzene rings is 2.